The van der Waals surface area contributed by atoms with Gasteiger partial charge in [0.1, 0.15) is 0 Å². The SMILES string of the molecule is CCCCNS(=O)(=O)c1ccc(NC(=O)/C=C/c2cc(OC)c(OC)c(OC)c2)cc1. The van der Waals surface area contributed by atoms with Gasteiger partial charge in [-0.2, -0.15) is 0 Å². The molecule has 0 aliphatic heterocycles. The van der Waals surface area contributed by atoms with Crippen LogP contribution in [0.1, 0.15) is 25.3 Å². The number of amides is 1. The molecule has 0 unspecified atom stereocenters. The number of methoxy groups -OCH3 is 3. The summed E-state index contributed by atoms with van der Waals surface area (Å²) in [5, 5.41) is 2.69. The number of hydrogen-bond acceptors (Lipinski definition) is 6. The van der Waals surface area contributed by atoms with E-state index in [1.54, 1.807) is 30.3 Å². The highest BCUT2D eigenvalue weighted by Gasteiger charge is 2.14. The maximum Gasteiger partial charge on any atom is 0.248 e. The predicted octanol–water partition coefficient (Wildman–Crippen LogP) is 3.44. The normalized spacial score (nSPS) is 11.4. The van der Waals surface area contributed by atoms with Crippen LogP contribution in [0.2, 0.25) is 0 Å². The molecule has 31 heavy (non-hydrogen) atoms. The van der Waals surface area contributed by atoms with Crippen molar-refractivity contribution >= 4 is 27.7 Å². The first-order valence-electron chi connectivity index (χ1n) is 9.73. The molecule has 2 aromatic carbocycles. The molecule has 8 nitrogen and oxygen atoms in total. The summed E-state index contributed by atoms with van der Waals surface area (Å²) in [7, 11) is 0.990. The minimum atomic E-state index is -3.55. The third-order valence-corrected chi connectivity index (χ3v) is 5.85. The number of carbonyl (C=O) groups excluding carboxylic acids is 1. The topological polar surface area (TPSA) is 103 Å². The Morgan fingerprint density at radius 1 is 1.00 bits per heavy atom. The number of hydrogen-bond donors (Lipinski definition) is 2. The van der Waals surface area contributed by atoms with Crippen molar-refractivity contribution in [3.8, 4) is 17.2 Å². The fraction of sp³-hybridized carbons (Fsp3) is 0.318. The summed E-state index contributed by atoms with van der Waals surface area (Å²) < 4.78 is 42.8. The van der Waals surface area contributed by atoms with Crippen LogP contribution < -0.4 is 24.2 Å². The van der Waals surface area contributed by atoms with Crippen molar-refractivity contribution in [1.29, 1.82) is 0 Å². The fourth-order valence-electron chi connectivity index (χ4n) is 2.74. The molecule has 1 amide bonds. The fourth-order valence-corrected chi connectivity index (χ4v) is 3.81. The standard InChI is InChI=1S/C22H28N2O6S/c1-5-6-13-23-31(26,27)18-10-8-17(9-11-18)24-21(25)12-7-16-14-19(28-2)22(30-4)20(15-16)29-3/h7-12,14-15,23H,5-6,13H2,1-4H3,(H,24,25)/b12-7+. The molecular formula is C22H28N2O6S. The number of carbonyl (C=O) groups is 1. The van der Waals surface area contributed by atoms with Gasteiger partial charge in [-0.3, -0.25) is 4.79 Å². The average molecular weight is 449 g/mol. The second-order valence-electron chi connectivity index (χ2n) is 6.56. The van der Waals surface area contributed by atoms with E-state index in [0.717, 1.165) is 12.8 Å². The molecule has 0 fully saturated rings. The van der Waals surface area contributed by atoms with E-state index >= 15 is 0 Å². The highest BCUT2D eigenvalue weighted by Crippen LogP contribution is 2.38. The van der Waals surface area contributed by atoms with Gasteiger partial charge in [-0.05, 0) is 54.5 Å². The van der Waals surface area contributed by atoms with Crippen LogP contribution in [0.4, 0.5) is 5.69 Å². The molecule has 168 valence electrons. The van der Waals surface area contributed by atoms with Crippen LogP contribution in [0.15, 0.2) is 47.4 Å². The Kier molecular flexibility index (Phi) is 8.89. The van der Waals surface area contributed by atoms with Crippen LogP contribution in [-0.4, -0.2) is 42.2 Å². The van der Waals surface area contributed by atoms with Crippen molar-refractivity contribution in [2.75, 3.05) is 33.2 Å². The maximum atomic E-state index is 12.3. The van der Waals surface area contributed by atoms with Crippen LogP contribution in [0.25, 0.3) is 6.08 Å². The summed E-state index contributed by atoms with van der Waals surface area (Å²) in [6, 6.07) is 9.42. The number of sulfonamides is 1. The Bertz CT molecular complexity index is 992. The van der Waals surface area contributed by atoms with E-state index in [-0.39, 0.29) is 10.8 Å². The van der Waals surface area contributed by atoms with Gasteiger partial charge < -0.3 is 19.5 Å². The van der Waals surface area contributed by atoms with E-state index in [9.17, 15) is 13.2 Å². The van der Waals surface area contributed by atoms with Crippen molar-refractivity contribution in [1.82, 2.24) is 4.72 Å². The molecule has 0 aromatic heterocycles. The predicted molar refractivity (Wildman–Crippen MR) is 120 cm³/mol. The Hall–Kier alpha value is -3.04. The van der Waals surface area contributed by atoms with E-state index in [4.69, 9.17) is 14.2 Å². The smallest absolute Gasteiger partial charge is 0.248 e. The minimum Gasteiger partial charge on any atom is -0.493 e. The highest BCUT2D eigenvalue weighted by atomic mass is 32.2. The molecule has 2 rings (SSSR count). The van der Waals surface area contributed by atoms with E-state index in [1.165, 1.54) is 39.5 Å². The number of rotatable bonds is 11. The largest absolute Gasteiger partial charge is 0.493 e. The summed E-state index contributed by atoms with van der Waals surface area (Å²) >= 11 is 0. The van der Waals surface area contributed by atoms with Gasteiger partial charge in [0.25, 0.3) is 0 Å². The highest BCUT2D eigenvalue weighted by molar-refractivity contribution is 7.89. The van der Waals surface area contributed by atoms with Crippen LogP contribution in [0.3, 0.4) is 0 Å². The lowest BCUT2D eigenvalue weighted by atomic mass is 10.1. The first-order valence-corrected chi connectivity index (χ1v) is 11.2. The van der Waals surface area contributed by atoms with Gasteiger partial charge in [0.2, 0.25) is 21.7 Å². The first-order chi connectivity index (χ1) is 14.8. The van der Waals surface area contributed by atoms with Crippen LogP contribution in [-0.2, 0) is 14.8 Å². The lowest BCUT2D eigenvalue weighted by Gasteiger charge is -2.12. The molecule has 0 bridgehead atoms. The molecule has 0 spiro atoms. The average Bonchev–Trinajstić information content (AvgIpc) is 2.77. The molecule has 0 saturated carbocycles. The van der Waals surface area contributed by atoms with Crippen LogP contribution in [0, 0.1) is 0 Å². The molecule has 2 aromatic rings. The first kappa shape index (κ1) is 24.2. The number of ether oxygens (including phenoxy) is 3. The van der Waals surface area contributed by atoms with Gasteiger partial charge in [0.15, 0.2) is 11.5 Å². The van der Waals surface area contributed by atoms with E-state index < -0.39 is 10.0 Å². The summed E-state index contributed by atoms with van der Waals surface area (Å²) in [5.74, 6) is 1.05. The second-order valence-corrected chi connectivity index (χ2v) is 8.32. The molecule has 0 aliphatic rings. The van der Waals surface area contributed by atoms with Gasteiger partial charge in [-0.25, -0.2) is 13.1 Å². The van der Waals surface area contributed by atoms with Crippen molar-refractivity contribution in [3.05, 3.63) is 48.0 Å². The Labute approximate surface area is 183 Å². The third kappa shape index (κ3) is 6.73. The zero-order valence-electron chi connectivity index (χ0n) is 18.1. The van der Waals surface area contributed by atoms with Crippen molar-refractivity contribution in [2.24, 2.45) is 0 Å². The molecule has 0 aliphatic carbocycles. The van der Waals surface area contributed by atoms with Gasteiger partial charge >= 0.3 is 0 Å². The molecule has 2 N–H and O–H groups in total. The third-order valence-electron chi connectivity index (χ3n) is 4.37. The van der Waals surface area contributed by atoms with Crippen molar-refractivity contribution < 1.29 is 27.4 Å². The van der Waals surface area contributed by atoms with E-state index in [2.05, 4.69) is 10.0 Å². The minimum absolute atomic E-state index is 0.148. The zero-order chi connectivity index (χ0) is 22.9. The van der Waals surface area contributed by atoms with Crippen molar-refractivity contribution in [2.45, 2.75) is 24.7 Å². The van der Waals surface area contributed by atoms with Gasteiger partial charge in [0, 0.05) is 18.3 Å². The van der Waals surface area contributed by atoms with E-state index in [0.29, 0.717) is 35.0 Å². The Morgan fingerprint density at radius 2 is 1.61 bits per heavy atom. The number of nitrogens with one attached hydrogen (secondary N) is 2. The molecule has 0 heterocycles. The quantitative estimate of drug-likeness (QED) is 0.403. The summed E-state index contributed by atoms with van der Waals surface area (Å²) in [4.78, 5) is 12.4. The summed E-state index contributed by atoms with van der Waals surface area (Å²) in [6.45, 7) is 2.38. The lowest BCUT2D eigenvalue weighted by Crippen LogP contribution is -2.24. The molecule has 9 heteroatoms. The number of unbranched alkanes of at least 4 members (excludes halogenated alkanes) is 1. The number of benzene rings is 2. The van der Waals surface area contributed by atoms with Crippen molar-refractivity contribution in [3.63, 3.8) is 0 Å². The van der Waals surface area contributed by atoms with Gasteiger partial charge in [0.05, 0.1) is 26.2 Å². The lowest BCUT2D eigenvalue weighted by molar-refractivity contribution is -0.111. The Morgan fingerprint density at radius 3 is 2.13 bits per heavy atom. The molecule has 0 atom stereocenters. The van der Waals surface area contributed by atoms with Crippen LogP contribution >= 0.6 is 0 Å². The number of anilines is 1. The molecule has 0 saturated heterocycles. The monoisotopic (exact) mass is 448 g/mol. The van der Waals surface area contributed by atoms with E-state index in [1.807, 2.05) is 6.92 Å². The summed E-state index contributed by atoms with van der Waals surface area (Å²) in [6.07, 6.45) is 4.64. The molecular weight excluding hydrogens is 420 g/mol. The van der Waals surface area contributed by atoms with Gasteiger partial charge in [-0.15, -0.1) is 0 Å². The maximum absolute atomic E-state index is 12.3. The zero-order valence-corrected chi connectivity index (χ0v) is 18.9. The second kappa shape index (κ2) is 11.4. The van der Waals surface area contributed by atoms with Gasteiger partial charge in [-0.1, -0.05) is 13.3 Å². The van der Waals surface area contributed by atoms with Crippen LogP contribution in [0.5, 0.6) is 17.2 Å². The molecule has 0 radical (unpaired) electrons. The summed E-state index contributed by atoms with van der Waals surface area (Å²) in [5.41, 5.74) is 1.16. The Balaban J connectivity index is 2.07.